The fourth-order valence-electron chi connectivity index (χ4n) is 3.24. The van der Waals surface area contributed by atoms with Crippen molar-refractivity contribution in [2.24, 2.45) is 0 Å². The molecule has 0 heterocycles. The van der Waals surface area contributed by atoms with Crippen LogP contribution in [-0.4, -0.2) is 18.4 Å². The molecule has 0 aliphatic heterocycles. The van der Waals surface area contributed by atoms with Gasteiger partial charge in [0.15, 0.2) is 0 Å². The molecule has 1 unspecified atom stereocenters. The van der Waals surface area contributed by atoms with Gasteiger partial charge in [0.2, 0.25) is 0 Å². The van der Waals surface area contributed by atoms with Crippen molar-refractivity contribution in [1.29, 1.82) is 0 Å². The van der Waals surface area contributed by atoms with Crippen molar-refractivity contribution >= 4 is 11.9 Å². The van der Waals surface area contributed by atoms with Gasteiger partial charge in [0.25, 0.3) is 5.91 Å². The highest BCUT2D eigenvalue weighted by atomic mass is 16.5. The van der Waals surface area contributed by atoms with Crippen LogP contribution in [0.5, 0.6) is 11.5 Å². The zero-order valence-corrected chi connectivity index (χ0v) is 18.0. The second-order valence-electron chi connectivity index (χ2n) is 7.22. The number of rotatable bonds is 11. The molecule has 166 valence electrons. The molecule has 0 saturated carbocycles. The largest absolute Gasteiger partial charge is 0.550 e. The Labute approximate surface area is 187 Å². The maximum absolute atomic E-state index is 12.6. The van der Waals surface area contributed by atoms with Gasteiger partial charge in [-0.3, -0.25) is 4.79 Å². The molecule has 0 aliphatic carbocycles. The zero-order chi connectivity index (χ0) is 22.8. The summed E-state index contributed by atoms with van der Waals surface area (Å²) in [6.45, 7) is 2.67. The first-order chi connectivity index (χ1) is 15.6. The van der Waals surface area contributed by atoms with Crippen molar-refractivity contribution in [3.05, 3.63) is 95.6 Å². The number of ether oxygens (including phenoxy) is 2. The maximum Gasteiger partial charge on any atom is 0.255 e. The summed E-state index contributed by atoms with van der Waals surface area (Å²) in [5.41, 5.74) is 2.18. The Morgan fingerprint density at radius 1 is 0.969 bits per heavy atom. The summed E-state index contributed by atoms with van der Waals surface area (Å²) in [6.07, 6.45) is -0.525. The lowest BCUT2D eigenvalue weighted by molar-refractivity contribution is -0.306. The van der Waals surface area contributed by atoms with E-state index in [1.165, 1.54) is 0 Å². The van der Waals surface area contributed by atoms with Gasteiger partial charge in [-0.1, -0.05) is 60.7 Å². The molecule has 6 nitrogen and oxygen atoms in total. The first-order valence-electron chi connectivity index (χ1n) is 10.6. The molecule has 0 bridgehead atoms. The van der Waals surface area contributed by atoms with Crippen LogP contribution < -0.4 is 19.9 Å². The van der Waals surface area contributed by atoms with E-state index in [-0.39, 0.29) is 18.7 Å². The number of hydrogen-bond acceptors (Lipinski definition) is 5. The second kappa shape index (κ2) is 11.6. The average molecular weight is 432 g/mol. The standard InChI is InChI=1S/C26H27NO5/c1-2-27-26(30)22-14-13-21(31-18-19-9-5-3-6-10-19)17-24(22)32-23(15-16-25(28)29)20-11-7-4-8-12-20/h3-14,17,23H,2,15-16,18H2,1H3,(H,27,30)(H,28,29)/p-1. The normalized spacial score (nSPS) is 11.4. The van der Waals surface area contributed by atoms with Crippen LogP contribution in [0.2, 0.25) is 0 Å². The van der Waals surface area contributed by atoms with E-state index in [2.05, 4.69) is 5.32 Å². The smallest absolute Gasteiger partial charge is 0.255 e. The first-order valence-corrected chi connectivity index (χ1v) is 10.6. The molecule has 0 saturated heterocycles. The van der Waals surface area contributed by atoms with E-state index in [9.17, 15) is 14.7 Å². The summed E-state index contributed by atoms with van der Waals surface area (Å²) in [5, 5.41) is 13.9. The van der Waals surface area contributed by atoms with Crippen molar-refractivity contribution in [3.63, 3.8) is 0 Å². The molecule has 1 N–H and O–H groups in total. The lowest BCUT2D eigenvalue weighted by Gasteiger charge is -2.22. The summed E-state index contributed by atoms with van der Waals surface area (Å²) in [4.78, 5) is 23.7. The average Bonchev–Trinajstić information content (AvgIpc) is 2.81. The number of carboxylic acids is 1. The van der Waals surface area contributed by atoms with Crippen molar-refractivity contribution in [3.8, 4) is 11.5 Å². The Morgan fingerprint density at radius 3 is 2.31 bits per heavy atom. The van der Waals surface area contributed by atoms with E-state index in [0.29, 0.717) is 30.2 Å². The highest BCUT2D eigenvalue weighted by molar-refractivity contribution is 5.97. The number of aliphatic carboxylic acids is 1. The third kappa shape index (κ3) is 6.60. The van der Waals surface area contributed by atoms with E-state index >= 15 is 0 Å². The monoisotopic (exact) mass is 432 g/mol. The van der Waals surface area contributed by atoms with Crippen molar-refractivity contribution < 1.29 is 24.2 Å². The lowest BCUT2D eigenvalue weighted by Crippen LogP contribution is -2.25. The molecule has 0 radical (unpaired) electrons. The third-order valence-corrected chi connectivity index (χ3v) is 4.83. The number of benzene rings is 3. The minimum absolute atomic E-state index is 0.166. The number of hydrogen-bond donors (Lipinski definition) is 1. The van der Waals surface area contributed by atoms with E-state index in [0.717, 1.165) is 11.1 Å². The maximum atomic E-state index is 12.6. The van der Waals surface area contributed by atoms with Crippen molar-refractivity contribution in [2.75, 3.05) is 6.54 Å². The molecular weight excluding hydrogens is 406 g/mol. The molecule has 1 atom stereocenters. The molecule has 1 amide bonds. The van der Waals surface area contributed by atoms with Crippen LogP contribution in [0.1, 0.15) is 47.4 Å². The summed E-state index contributed by atoms with van der Waals surface area (Å²) >= 11 is 0. The molecule has 32 heavy (non-hydrogen) atoms. The van der Waals surface area contributed by atoms with E-state index < -0.39 is 12.1 Å². The topological polar surface area (TPSA) is 87.7 Å². The molecular formula is C26H26NO5-. The van der Waals surface area contributed by atoms with Gasteiger partial charge in [-0.15, -0.1) is 0 Å². The van der Waals surface area contributed by atoms with Crippen molar-refractivity contribution in [2.45, 2.75) is 32.5 Å². The zero-order valence-electron chi connectivity index (χ0n) is 18.0. The van der Waals surface area contributed by atoms with Gasteiger partial charge in [-0.25, -0.2) is 0 Å². The predicted molar refractivity (Wildman–Crippen MR) is 119 cm³/mol. The van der Waals surface area contributed by atoms with Gasteiger partial charge < -0.3 is 24.7 Å². The van der Waals surface area contributed by atoms with Gasteiger partial charge in [-0.05, 0) is 43.0 Å². The Bertz CT molecular complexity index is 1020. The number of amides is 1. The van der Waals surface area contributed by atoms with Gasteiger partial charge in [-0.2, -0.15) is 0 Å². The molecule has 0 spiro atoms. The number of carbonyl (C=O) groups is 2. The third-order valence-electron chi connectivity index (χ3n) is 4.83. The highest BCUT2D eigenvalue weighted by Gasteiger charge is 2.19. The van der Waals surface area contributed by atoms with Crippen LogP contribution >= 0.6 is 0 Å². The lowest BCUT2D eigenvalue weighted by atomic mass is 10.0. The highest BCUT2D eigenvalue weighted by Crippen LogP contribution is 2.32. The van der Waals surface area contributed by atoms with E-state index in [1.54, 1.807) is 18.2 Å². The predicted octanol–water partition coefficient (Wildman–Crippen LogP) is 3.67. The Hall–Kier alpha value is -3.80. The summed E-state index contributed by atoms with van der Waals surface area (Å²) in [5.74, 6) is -0.556. The second-order valence-corrected chi connectivity index (χ2v) is 7.22. The first kappa shape index (κ1) is 22.9. The van der Waals surface area contributed by atoms with Crippen molar-refractivity contribution in [1.82, 2.24) is 5.32 Å². The van der Waals surface area contributed by atoms with Crippen LogP contribution in [0.15, 0.2) is 78.9 Å². The van der Waals surface area contributed by atoms with Crippen LogP contribution in [0, 0.1) is 0 Å². The molecule has 3 aromatic carbocycles. The SMILES string of the molecule is CCNC(=O)c1ccc(OCc2ccccc2)cc1OC(CCC(=O)[O-])c1ccccc1. The summed E-state index contributed by atoms with van der Waals surface area (Å²) in [6, 6.07) is 24.1. The number of carbonyl (C=O) groups excluding carboxylic acids is 2. The Kier molecular flexibility index (Phi) is 8.26. The molecule has 0 aromatic heterocycles. The molecule has 6 heteroatoms. The van der Waals surface area contributed by atoms with Gasteiger partial charge in [0.1, 0.15) is 24.2 Å². The number of carboxylic acid groups (broad SMARTS) is 1. The summed E-state index contributed by atoms with van der Waals surface area (Å²) in [7, 11) is 0. The quantitative estimate of drug-likeness (QED) is 0.500. The minimum atomic E-state index is -1.15. The van der Waals surface area contributed by atoms with Crippen LogP contribution in [0.4, 0.5) is 0 Å². The van der Waals surface area contributed by atoms with Crippen LogP contribution in [-0.2, 0) is 11.4 Å². The Balaban J connectivity index is 1.88. The van der Waals surface area contributed by atoms with Gasteiger partial charge >= 0.3 is 0 Å². The van der Waals surface area contributed by atoms with Gasteiger partial charge in [0, 0.05) is 18.6 Å². The van der Waals surface area contributed by atoms with E-state index in [4.69, 9.17) is 9.47 Å². The van der Waals surface area contributed by atoms with E-state index in [1.807, 2.05) is 67.6 Å². The number of nitrogens with one attached hydrogen (secondary N) is 1. The molecule has 3 rings (SSSR count). The van der Waals surface area contributed by atoms with Crippen LogP contribution in [0.25, 0.3) is 0 Å². The Morgan fingerprint density at radius 2 is 1.66 bits per heavy atom. The molecule has 0 fully saturated rings. The minimum Gasteiger partial charge on any atom is -0.550 e. The van der Waals surface area contributed by atoms with Crippen LogP contribution in [0.3, 0.4) is 0 Å². The van der Waals surface area contributed by atoms with Gasteiger partial charge in [0.05, 0.1) is 5.56 Å². The summed E-state index contributed by atoms with van der Waals surface area (Å²) < 4.78 is 12.1. The fourth-order valence-corrected chi connectivity index (χ4v) is 3.24. The fraction of sp³-hybridized carbons (Fsp3) is 0.231. The molecule has 3 aromatic rings. The molecule has 0 aliphatic rings.